The van der Waals surface area contributed by atoms with Gasteiger partial charge in [0, 0.05) is 36.6 Å². The fourth-order valence-corrected chi connectivity index (χ4v) is 5.37. The number of piperidine rings is 1. The zero-order chi connectivity index (χ0) is 25.4. The second-order valence-electron chi connectivity index (χ2n) is 9.69. The largest absolute Gasteiger partial charge is 0.573 e. The first-order valence-electron chi connectivity index (χ1n) is 12.4. The normalized spacial score (nSPS) is 18.2. The summed E-state index contributed by atoms with van der Waals surface area (Å²) in [5, 5.41) is 7.86. The van der Waals surface area contributed by atoms with Crippen LogP contribution in [0.2, 0.25) is 0 Å². The number of nitrogens with one attached hydrogen (secondary N) is 1. The van der Waals surface area contributed by atoms with Gasteiger partial charge in [-0.1, -0.05) is 24.4 Å². The van der Waals surface area contributed by atoms with Gasteiger partial charge in [0.05, 0.1) is 5.56 Å². The van der Waals surface area contributed by atoms with Crippen LogP contribution in [0.3, 0.4) is 0 Å². The van der Waals surface area contributed by atoms with Crippen molar-refractivity contribution >= 4 is 16.7 Å². The highest BCUT2D eigenvalue weighted by molar-refractivity contribution is 5.93. The number of alkyl halides is 3. The number of aryl methyl sites for hydroxylation is 2. The van der Waals surface area contributed by atoms with Gasteiger partial charge in [-0.15, -0.1) is 13.2 Å². The highest BCUT2D eigenvalue weighted by atomic mass is 19.4. The van der Waals surface area contributed by atoms with Gasteiger partial charge in [-0.3, -0.25) is 0 Å². The van der Waals surface area contributed by atoms with Gasteiger partial charge in [0.2, 0.25) is 0 Å². The number of nitrogens with zero attached hydrogens (tertiary/aromatic N) is 4. The summed E-state index contributed by atoms with van der Waals surface area (Å²) < 4.78 is 62.8. The molecule has 2 aromatic heterocycles. The quantitative estimate of drug-likeness (QED) is 0.436. The van der Waals surface area contributed by atoms with Gasteiger partial charge in [0.25, 0.3) is 5.89 Å². The van der Waals surface area contributed by atoms with Crippen molar-refractivity contribution in [2.24, 2.45) is 0 Å². The van der Waals surface area contributed by atoms with Crippen LogP contribution in [-0.4, -0.2) is 46.7 Å². The number of halogens is 4. The summed E-state index contributed by atoms with van der Waals surface area (Å²) in [6.07, 6.45) is 3.13. The molecular weight excluding hydrogens is 478 g/mol. The molecular formula is C25H29F4N5O2. The van der Waals surface area contributed by atoms with E-state index in [9.17, 15) is 13.2 Å². The number of benzene rings is 1. The van der Waals surface area contributed by atoms with Gasteiger partial charge in [-0.05, 0) is 51.2 Å². The molecule has 5 rings (SSSR count). The summed E-state index contributed by atoms with van der Waals surface area (Å²) in [7, 11) is 0. The van der Waals surface area contributed by atoms with E-state index in [2.05, 4.69) is 30.1 Å². The number of rotatable bonds is 5. The number of fused-ring (bicyclic) bond motifs is 1. The van der Waals surface area contributed by atoms with E-state index >= 15 is 4.39 Å². The molecule has 36 heavy (non-hydrogen) atoms. The Bertz CT molecular complexity index is 1230. The van der Waals surface area contributed by atoms with Crippen LogP contribution in [0.4, 0.5) is 23.4 Å². The zero-order valence-electron chi connectivity index (χ0n) is 20.3. The molecule has 2 aliphatic rings. The van der Waals surface area contributed by atoms with Gasteiger partial charge in [-0.2, -0.15) is 4.98 Å². The van der Waals surface area contributed by atoms with Crippen molar-refractivity contribution in [2.75, 3.05) is 18.0 Å². The zero-order valence-corrected chi connectivity index (χ0v) is 20.3. The van der Waals surface area contributed by atoms with E-state index in [1.807, 2.05) is 0 Å². The van der Waals surface area contributed by atoms with Crippen molar-refractivity contribution in [3.63, 3.8) is 0 Å². The molecule has 1 saturated carbocycles. The molecule has 194 valence electrons. The highest BCUT2D eigenvalue weighted by Crippen LogP contribution is 2.39. The summed E-state index contributed by atoms with van der Waals surface area (Å²) in [6.45, 7) is 4.75. The molecule has 3 aromatic rings. The first kappa shape index (κ1) is 24.7. The predicted molar refractivity (Wildman–Crippen MR) is 126 cm³/mol. The third-order valence-corrected chi connectivity index (χ3v) is 7.10. The minimum atomic E-state index is -4.94. The number of aromatic nitrogens is 3. The van der Waals surface area contributed by atoms with Crippen LogP contribution in [0, 0.1) is 19.7 Å². The Morgan fingerprint density at radius 3 is 2.33 bits per heavy atom. The van der Waals surface area contributed by atoms with E-state index in [0.29, 0.717) is 54.0 Å². The fraction of sp³-hybridized carbons (Fsp3) is 0.560. The summed E-state index contributed by atoms with van der Waals surface area (Å²) in [6, 6.07) is 2.82. The fourth-order valence-electron chi connectivity index (χ4n) is 5.37. The lowest BCUT2D eigenvalue weighted by molar-refractivity contribution is -0.274. The molecule has 1 N–H and O–H groups in total. The van der Waals surface area contributed by atoms with Crippen molar-refractivity contribution in [2.45, 2.75) is 77.2 Å². The number of pyridine rings is 1. The van der Waals surface area contributed by atoms with E-state index in [-0.39, 0.29) is 16.8 Å². The van der Waals surface area contributed by atoms with Crippen LogP contribution < -0.4 is 15.0 Å². The number of hydrogen-bond acceptors (Lipinski definition) is 7. The molecule has 7 nitrogen and oxygen atoms in total. The maximum absolute atomic E-state index is 15.0. The second kappa shape index (κ2) is 9.84. The molecule has 0 bridgehead atoms. The maximum atomic E-state index is 15.0. The topological polar surface area (TPSA) is 76.3 Å². The summed E-state index contributed by atoms with van der Waals surface area (Å²) >= 11 is 0. The van der Waals surface area contributed by atoms with Crippen molar-refractivity contribution in [3.8, 4) is 17.2 Å². The van der Waals surface area contributed by atoms with E-state index in [1.165, 1.54) is 32.1 Å². The number of anilines is 1. The first-order chi connectivity index (χ1) is 17.2. The van der Waals surface area contributed by atoms with Crippen molar-refractivity contribution in [1.82, 2.24) is 20.4 Å². The lowest BCUT2D eigenvalue weighted by atomic mass is 9.93. The summed E-state index contributed by atoms with van der Waals surface area (Å²) in [5.41, 5.74) is 0.956. The van der Waals surface area contributed by atoms with Crippen molar-refractivity contribution in [3.05, 3.63) is 29.3 Å². The average molecular weight is 508 g/mol. The third kappa shape index (κ3) is 5.25. The first-order valence-corrected chi connectivity index (χ1v) is 12.4. The second-order valence-corrected chi connectivity index (χ2v) is 9.69. The monoisotopic (exact) mass is 507 g/mol. The standard InChI is InChI=1S/C25H29F4N5O2/c1-14-19-12-18(35-25(27,28)29)13-20(26)22(19)32-23(21(14)24-30-15(2)33-36-24)34-10-8-17(9-11-34)31-16-6-4-3-5-7-16/h12-13,16-17,31H,3-11H2,1-2H3. The Kier molecular flexibility index (Phi) is 6.76. The Morgan fingerprint density at radius 1 is 1.00 bits per heavy atom. The highest BCUT2D eigenvalue weighted by Gasteiger charge is 2.33. The van der Waals surface area contributed by atoms with Crippen molar-refractivity contribution in [1.29, 1.82) is 0 Å². The predicted octanol–water partition coefficient (Wildman–Crippen LogP) is 5.83. The van der Waals surface area contributed by atoms with E-state index in [0.717, 1.165) is 18.9 Å². The Labute approximate surface area is 206 Å². The summed E-state index contributed by atoms with van der Waals surface area (Å²) in [5.74, 6) is -0.445. The van der Waals surface area contributed by atoms with Crippen LogP contribution in [0.25, 0.3) is 22.4 Å². The minimum Gasteiger partial charge on any atom is -0.406 e. The average Bonchev–Trinajstić information content (AvgIpc) is 3.25. The van der Waals surface area contributed by atoms with Crippen molar-refractivity contribution < 1.29 is 26.8 Å². The molecule has 1 aromatic carbocycles. The number of ether oxygens (including phenoxy) is 1. The van der Waals surface area contributed by atoms with E-state index in [4.69, 9.17) is 4.52 Å². The SMILES string of the molecule is Cc1noc(-c2c(N3CCC(NC4CCCCC4)CC3)nc3c(F)cc(OC(F)(F)F)cc3c2C)n1. The van der Waals surface area contributed by atoms with Crippen LogP contribution in [0.5, 0.6) is 5.75 Å². The van der Waals surface area contributed by atoms with Gasteiger partial charge in [0.15, 0.2) is 11.6 Å². The lowest BCUT2D eigenvalue weighted by Crippen LogP contribution is -2.47. The van der Waals surface area contributed by atoms with Crippen LogP contribution in [0.1, 0.15) is 56.3 Å². The lowest BCUT2D eigenvalue weighted by Gasteiger charge is -2.37. The van der Waals surface area contributed by atoms with E-state index < -0.39 is 17.9 Å². The Balaban J connectivity index is 1.49. The molecule has 3 heterocycles. The molecule has 0 atom stereocenters. The molecule has 0 amide bonds. The third-order valence-electron chi connectivity index (χ3n) is 7.10. The molecule has 1 aliphatic carbocycles. The molecule has 1 saturated heterocycles. The Hall–Kier alpha value is -2.95. The smallest absolute Gasteiger partial charge is 0.406 e. The minimum absolute atomic E-state index is 0.0283. The summed E-state index contributed by atoms with van der Waals surface area (Å²) in [4.78, 5) is 11.0. The van der Waals surface area contributed by atoms with Gasteiger partial charge in [0.1, 0.15) is 17.1 Å². The van der Waals surface area contributed by atoms with E-state index in [1.54, 1.807) is 13.8 Å². The molecule has 0 spiro atoms. The Morgan fingerprint density at radius 2 is 1.69 bits per heavy atom. The maximum Gasteiger partial charge on any atom is 0.573 e. The molecule has 0 radical (unpaired) electrons. The van der Waals surface area contributed by atoms with Crippen LogP contribution >= 0.6 is 0 Å². The van der Waals surface area contributed by atoms with Gasteiger partial charge < -0.3 is 19.5 Å². The molecule has 2 fully saturated rings. The van der Waals surface area contributed by atoms with Crippen LogP contribution in [0.15, 0.2) is 16.7 Å². The molecule has 1 aliphatic heterocycles. The molecule has 0 unspecified atom stereocenters. The van der Waals surface area contributed by atoms with Crippen LogP contribution in [-0.2, 0) is 0 Å². The van der Waals surface area contributed by atoms with Gasteiger partial charge >= 0.3 is 6.36 Å². The molecule has 11 heteroatoms. The number of hydrogen-bond donors (Lipinski definition) is 1. The van der Waals surface area contributed by atoms with Gasteiger partial charge in [-0.25, -0.2) is 9.37 Å².